The van der Waals surface area contributed by atoms with Crippen molar-refractivity contribution in [3.63, 3.8) is 0 Å². The zero-order valence-electron chi connectivity index (χ0n) is 19.3. The molecule has 0 bridgehead atoms. The maximum absolute atomic E-state index is 13.5. The SMILES string of the molecule is Cc1cc(C=Nn2c(-c3cc4ccccc4o3)nc3ccccc3c2=O)c(C)n1-c1ccccc1. The average molecular weight is 459 g/mol. The molecule has 6 nitrogen and oxygen atoms in total. The van der Waals surface area contributed by atoms with Crippen LogP contribution in [-0.4, -0.2) is 20.4 Å². The van der Waals surface area contributed by atoms with E-state index in [2.05, 4.69) is 34.8 Å². The molecule has 3 aromatic carbocycles. The lowest BCUT2D eigenvalue weighted by atomic mass is 10.2. The number of rotatable bonds is 4. The molecule has 0 N–H and O–H groups in total. The van der Waals surface area contributed by atoms with Gasteiger partial charge in [0, 0.05) is 28.0 Å². The number of benzene rings is 3. The van der Waals surface area contributed by atoms with Crippen molar-refractivity contribution in [2.45, 2.75) is 13.8 Å². The third-order valence-electron chi connectivity index (χ3n) is 6.20. The highest BCUT2D eigenvalue weighted by Gasteiger charge is 2.17. The molecular weight excluding hydrogens is 436 g/mol. The minimum absolute atomic E-state index is 0.251. The topological polar surface area (TPSA) is 65.3 Å². The number of furan rings is 1. The summed E-state index contributed by atoms with van der Waals surface area (Å²) in [6.45, 7) is 4.10. The Hall–Kier alpha value is -4.71. The number of hydrogen-bond acceptors (Lipinski definition) is 4. The van der Waals surface area contributed by atoms with Crippen molar-refractivity contribution in [3.05, 3.63) is 118 Å². The first-order valence-corrected chi connectivity index (χ1v) is 11.4. The molecule has 0 fully saturated rings. The monoisotopic (exact) mass is 458 g/mol. The van der Waals surface area contributed by atoms with Crippen LogP contribution >= 0.6 is 0 Å². The van der Waals surface area contributed by atoms with Crippen molar-refractivity contribution in [2.75, 3.05) is 0 Å². The van der Waals surface area contributed by atoms with Crippen molar-refractivity contribution in [1.82, 2.24) is 14.2 Å². The van der Waals surface area contributed by atoms with Crippen LogP contribution in [0, 0.1) is 13.8 Å². The Morgan fingerprint density at radius 2 is 1.63 bits per heavy atom. The van der Waals surface area contributed by atoms with E-state index >= 15 is 0 Å². The van der Waals surface area contributed by atoms with Crippen molar-refractivity contribution in [3.8, 4) is 17.3 Å². The van der Waals surface area contributed by atoms with Crippen LogP contribution < -0.4 is 5.56 Å². The van der Waals surface area contributed by atoms with Crippen LogP contribution in [0.15, 0.2) is 105 Å². The highest BCUT2D eigenvalue weighted by Crippen LogP contribution is 2.27. The van der Waals surface area contributed by atoms with Crippen LogP contribution in [0.5, 0.6) is 0 Å². The Labute approximate surface area is 201 Å². The van der Waals surface area contributed by atoms with Gasteiger partial charge in [-0.3, -0.25) is 4.79 Å². The number of para-hydroxylation sites is 3. The second kappa shape index (κ2) is 8.25. The highest BCUT2D eigenvalue weighted by atomic mass is 16.3. The van der Waals surface area contributed by atoms with Gasteiger partial charge in [-0.2, -0.15) is 9.78 Å². The first kappa shape index (κ1) is 20.9. The Kier molecular flexibility index (Phi) is 4.92. The fraction of sp³-hybridized carbons (Fsp3) is 0.0690. The van der Waals surface area contributed by atoms with Gasteiger partial charge < -0.3 is 8.98 Å². The van der Waals surface area contributed by atoms with Gasteiger partial charge in [0.1, 0.15) is 5.58 Å². The predicted molar refractivity (Wildman–Crippen MR) is 139 cm³/mol. The standard InChI is InChI=1S/C29H22N4O2/c1-19-16-22(20(2)32(19)23-11-4-3-5-12-23)18-30-33-28(27-17-21-10-6-9-15-26(21)35-27)31-25-14-8-7-13-24(25)29(33)34/h3-18H,1-2H3. The van der Waals surface area contributed by atoms with Crippen LogP contribution in [0.25, 0.3) is 39.1 Å². The summed E-state index contributed by atoms with van der Waals surface area (Å²) in [5.41, 5.74) is 5.19. The molecule has 35 heavy (non-hydrogen) atoms. The Morgan fingerprint density at radius 3 is 2.46 bits per heavy atom. The third-order valence-corrected chi connectivity index (χ3v) is 6.20. The molecule has 6 rings (SSSR count). The van der Waals surface area contributed by atoms with E-state index in [1.807, 2.05) is 73.7 Å². The van der Waals surface area contributed by atoms with Crippen LogP contribution in [0.3, 0.4) is 0 Å². The van der Waals surface area contributed by atoms with Gasteiger partial charge in [-0.05, 0) is 56.3 Å². The van der Waals surface area contributed by atoms with Gasteiger partial charge in [0.05, 0.1) is 17.1 Å². The molecule has 6 heteroatoms. The molecule has 0 saturated heterocycles. The molecule has 0 unspecified atom stereocenters. The molecule has 0 aliphatic rings. The Balaban J connectivity index is 1.53. The van der Waals surface area contributed by atoms with Gasteiger partial charge in [-0.1, -0.05) is 48.5 Å². The van der Waals surface area contributed by atoms with Gasteiger partial charge >= 0.3 is 0 Å². The van der Waals surface area contributed by atoms with Crippen molar-refractivity contribution < 1.29 is 4.42 Å². The quantitative estimate of drug-likeness (QED) is 0.300. The first-order chi connectivity index (χ1) is 17.1. The summed E-state index contributed by atoms with van der Waals surface area (Å²) >= 11 is 0. The van der Waals surface area contributed by atoms with E-state index in [1.54, 1.807) is 12.3 Å². The van der Waals surface area contributed by atoms with Crippen molar-refractivity contribution >= 4 is 28.1 Å². The lowest BCUT2D eigenvalue weighted by molar-refractivity contribution is 0.616. The molecule has 0 aliphatic carbocycles. The summed E-state index contributed by atoms with van der Waals surface area (Å²) in [5, 5.41) is 6.06. The molecule has 0 saturated carbocycles. The van der Waals surface area contributed by atoms with Gasteiger partial charge in [0.15, 0.2) is 5.76 Å². The molecule has 0 amide bonds. The van der Waals surface area contributed by atoms with Crippen LogP contribution in [0.4, 0.5) is 0 Å². The number of hydrogen-bond donors (Lipinski definition) is 0. The smallest absolute Gasteiger partial charge is 0.282 e. The normalized spacial score (nSPS) is 11.7. The van der Waals surface area contributed by atoms with Crippen molar-refractivity contribution in [1.29, 1.82) is 0 Å². The summed E-state index contributed by atoms with van der Waals surface area (Å²) in [5.74, 6) is 0.846. The van der Waals surface area contributed by atoms with Crippen LogP contribution in [-0.2, 0) is 0 Å². The molecule has 0 spiro atoms. The number of aryl methyl sites for hydroxylation is 1. The largest absolute Gasteiger partial charge is 0.453 e. The number of nitrogens with zero attached hydrogens (tertiary/aromatic N) is 4. The van der Waals surface area contributed by atoms with E-state index in [4.69, 9.17) is 9.40 Å². The summed E-state index contributed by atoms with van der Waals surface area (Å²) in [4.78, 5) is 18.3. The van der Waals surface area contributed by atoms with Crippen LogP contribution in [0.1, 0.15) is 17.0 Å². The fourth-order valence-corrected chi connectivity index (χ4v) is 4.50. The van der Waals surface area contributed by atoms with E-state index in [1.165, 1.54) is 4.68 Å². The zero-order valence-corrected chi connectivity index (χ0v) is 19.3. The predicted octanol–water partition coefficient (Wildman–Crippen LogP) is 6.10. The Bertz CT molecular complexity index is 1760. The molecule has 3 heterocycles. The minimum Gasteiger partial charge on any atom is -0.453 e. The lowest BCUT2D eigenvalue weighted by Crippen LogP contribution is -2.20. The summed E-state index contributed by atoms with van der Waals surface area (Å²) < 4.78 is 9.55. The second-order valence-corrected chi connectivity index (χ2v) is 8.46. The van der Waals surface area contributed by atoms with E-state index in [9.17, 15) is 4.79 Å². The fourth-order valence-electron chi connectivity index (χ4n) is 4.50. The highest BCUT2D eigenvalue weighted by molar-refractivity contribution is 5.85. The molecule has 3 aromatic heterocycles. The molecule has 6 aromatic rings. The third kappa shape index (κ3) is 3.56. The molecule has 0 aliphatic heterocycles. The summed E-state index contributed by atoms with van der Waals surface area (Å²) in [7, 11) is 0. The van der Waals surface area contributed by atoms with Gasteiger partial charge in [0.2, 0.25) is 5.82 Å². The molecule has 0 radical (unpaired) electrons. The van der Waals surface area contributed by atoms with E-state index in [-0.39, 0.29) is 5.56 Å². The van der Waals surface area contributed by atoms with Crippen LogP contribution in [0.2, 0.25) is 0 Å². The molecule has 170 valence electrons. The van der Waals surface area contributed by atoms with Gasteiger partial charge in [-0.25, -0.2) is 4.98 Å². The van der Waals surface area contributed by atoms with E-state index < -0.39 is 0 Å². The number of aromatic nitrogens is 3. The van der Waals surface area contributed by atoms with Gasteiger partial charge in [0.25, 0.3) is 5.56 Å². The summed E-state index contributed by atoms with van der Waals surface area (Å²) in [6.07, 6.45) is 1.71. The molecule has 0 atom stereocenters. The van der Waals surface area contributed by atoms with E-state index in [0.29, 0.717) is 22.5 Å². The first-order valence-electron chi connectivity index (χ1n) is 11.4. The second-order valence-electron chi connectivity index (χ2n) is 8.46. The van der Waals surface area contributed by atoms with E-state index in [0.717, 1.165) is 33.6 Å². The lowest BCUT2D eigenvalue weighted by Gasteiger charge is -2.09. The van der Waals surface area contributed by atoms with Gasteiger partial charge in [-0.15, -0.1) is 0 Å². The zero-order chi connectivity index (χ0) is 23.9. The average Bonchev–Trinajstić information content (AvgIpc) is 3.44. The minimum atomic E-state index is -0.251. The maximum atomic E-state index is 13.5. The van der Waals surface area contributed by atoms with Crippen molar-refractivity contribution in [2.24, 2.45) is 5.10 Å². The summed E-state index contributed by atoms with van der Waals surface area (Å²) in [6, 6.07) is 29.1. The number of fused-ring (bicyclic) bond motifs is 2. The maximum Gasteiger partial charge on any atom is 0.282 e. The molecular formula is C29H22N4O2. The Morgan fingerprint density at radius 1 is 0.886 bits per heavy atom.